The molecule has 5 aromatic rings. The summed E-state index contributed by atoms with van der Waals surface area (Å²) in [6, 6.07) is 21.5. The number of carbonyl (C=O) groups excluding carboxylic acids is 1. The third-order valence-corrected chi connectivity index (χ3v) is 4.68. The van der Waals surface area contributed by atoms with E-state index in [2.05, 4.69) is 25.5 Å². The van der Waals surface area contributed by atoms with E-state index in [9.17, 15) is 4.79 Å². The van der Waals surface area contributed by atoms with Crippen LogP contribution >= 0.6 is 0 Å². The van der Waals surface area contributed by atoms with Crippen LogP contribution in [-0.4, -0.2) is 30.8 Å². The molecule has 3 aromatic heterocycles. The van der Waals surface area contributed by atoms with Crippen LogP contribution in [0.5, 0.6) is 11.6 Å². The highest BCUT2D eigenvalue weighted by Crippen LogP contribution is 2.24. The van der Waals surface area contributed by atoms with Crippen LogP contribution in [-0.2, 0) is 0 Å². The van der Waals surface area contributed by atoms with Crippen LogP contribution in [0.25, 0.3) is 17.1 Å². The molecule has 0 fully saturated rings. The van der Waals surface area contributed by atoms with Gasteiger partial charge in [-0.05, 0) is 37.3 Å². The predicted octanol–water partition coefficient (Wildman–Crippen LogP) is 4.67. The lowest BCUT2D eigenvalue weighted by molar-refractivity contribution is 0.101. The summed E-state index contributed by atoms with van der Waals surface area (Å²) in [7, 11) is 0. The molecule has 0 saturated heterocycles. The minimum atomic E-state index is -0.370. The summed E-state index contributed by atoms with van der Waals surface area (Å²) in [5.41, 5.74) is 1.63. The van der Waals surface area contributed by atoms with Crippen LogP contribution in [0.15, 0.2) is 89.7 Å². The van der Waals surface area contributed by atoms with E-state index < -0.39 is 0 Å². The Morgan fingerprint density at radius 2 is 1.82 bits per heavy atom. The van der Waals surface area contributed by atoms with E-state index in [-0.39, 0.29) is 11.6 Å². The highest BCUT2D eigenvalue weighted by molar-refractivity contribution is 6.03. The fourth-order valence-electron chi connectivity index (χ4n) is 3.14. The van der Waals surface area contributed by atoms with Crippen LogP contribution < -0.4 is 10.1 Å². The summed E-state index contributed by atoms with van der Waals surface area (Å²) < 4.78 is 12.8. The standard InChI is InChI=1S/C24H18N6O3/c1-16-26-22(30-13-5-12-25-30)15-23(27-16)32-19-10-8-18(9-11-19)28-24(31)20-14-21(33-29-20)17-6-3-2-4-7-17/h2-15H,1H3,(H,28,31). The van der Waals surface area contributed by atoms with Crippen LogP contribution in [0.3, 0.4) is 0 Å². The molecule has 5 rings (SSSR count). The van der Waals surface area contributed by atoms with Gasteiger partial charge in [-0.1, -0.05) is 35.5 Å². The molecule has 0 aliphatic rings. The number of hydrogen-bond donors (Lipinski definition) is 1. The number of nitrogens with zero attached hydrogens (tertiary/aromatic N) is 5. The Labute approximate surface area is 188 Å². The van der Waals surface area contributed by atoms with Crippen LogP contribution in [0, 0.1) is 6.92 Å². The first-order valence-corrected chi connectivity index (χ1v) is 10.1. The van der Waals surface area contributed by atoms with E-state index in [0.717, 1.165) is 5.56 Å². The molecular weight excluding hydrogens is 420 g/mol. The molecule has 0 spiro atoms. The molecule has 9 nitrogen and oxygen atoms in total. The van der Waals surface area contributed by atoms with Crippen molar-refractivity contribution in [3.63, 3.8) is 0 Å². The fourth-order valence-corrected chi connectivity index (χ4v) is 3.14. The van der Waals surface area contributed by atoms with Gasteiger partial charge in [0.15, 0.2) is 17.3 Å². The van der Waals surface area contributed by atoms with Crippen molar-refractivity contribution in [3.8, 4) is 28.8 Å². The van der Waals surface area contributed by atoms with Crippen molar-refractivity contribution < 1.29 is 14.1 Å². The molecule has 1 amide bonds. The molecule has 0 saturated carbocycles. The number of aromatic nitrogens is 5. The van der Waals surface area contributed by atoms with Crippen LogP contribution in [0.1, 0.15) is 16.3 Å². The van der Waals surface area contributed by atoms with E-state index in [0.29, 0.717) is 34.7 Å². The maximum absolute atomic E-state index is 12.5. The van der Waals surface area contributed by atoms with Crippen LogP contribution in [0.2, 0.25) is 0 Å². The van der Waals surface area contributed by atoms with Gasteiger partial charge in [-0.3, -0.25) is 4.79 Å². The van der Waals surface area contributed by atoms with Gasteiger partial charge in [0.05, 0.1) is 0 Å². The highest BCUT2D eigenvalue weighted by Gasteiger charge is 2.14. The van der Waals surface area contributed by atoms with Gasteiger partial charge in [0.1, 0.15) is 11.6 Å². The van der Waals surface area contributed by atoms with E-state index in [1.54, 1.807) is 60.4 Å². The monoisotopic (exact) mass is 438 g/mol. The number of rotatable bonds is 6. The van der Waals surface area contributed by atoms with Crippen molar-refractivity contribution in [3.05, 3.63) is 96.7 Å². The lowest BCUT2D eigenvalue weighted by atomic mass is 10.1. The maximum atomic E-state index is 12.5. The van der Waals surface area contributed by atoms with Crippen molar-refractivity contribution in [2.75, 3.05) is 5.32 Å². The largest absolute Gasteiger partial charge is 0.439 e. The van der Waals surface area contributed by atoms with Gasteiger partial charge in [-0.2, -0.15) is 10.1 Å². The Kier molecular flexibility index (Phi) is 5.34. The first kappa shape index (κ1) is 20.1. The molecule has 0 atom stereocenters. The molecule has 3 heterocycles. The lowest BCUT2D eigenvalue weighted by Crippen LogP contribution is -2.12. The second-order valence-corrected chi connectivity index (χ2v) is 7.09. The number of amides is 1. The second-order valence-electron chi connectivity index (χ2n) is 7.09. The molecule has 1 N–H and O–H groups in total. The number of hydrogen-bond acceptors (Lipinski definition) is 7. The second kappa shape index (κ2) is 8.75. The summed E-state index contributed by atoms with van der Waals surface area (Å²) in [4.78, 5) is 21.2. The normalized spacial score (nSPS) is 10.7. The Balaban J connectivity index is 1.26. The third-order valence-electron chi connectivity index (χ3n) is 4.68. The molecule has 2 aromatic carbocycles. The topological polar surface area (TPSA) is 108 Å². The number of benzene rings is 2. The van der Waals surface area contributed by atoms with Gasteiger partial charge < -0.3 is 14.6 Å². The molecule has 0 aliphatic carbocycles. The minimum absolute atomic E-state index is 0.191. The molecule has 0 aliphatic heterocycles. The minimum Gasteiger partial charge on any atom is -0.439 e. The number of anilines is 1. The molecule has 0 radical (unpaired) electrons. The van der Waals surface area contributed by atoms with Gasteiger partial charge in [0.25, 0.3) is 5.91 Å². The van der Waals surface area contributed by atoms with Gasteiger partial charge in [-0.15, -0.1) is 0 Å². The summed E-state index contributed by atoms with van der Waals surface area (Å²) >= 11 is 0. The Morgan fingerprint density at radius 1 is 1.00 bits per heavy atom. The van der Waals surface area contributed by atoms with Crippen molar-refractivity contribution in [2.45, 2.75) is 6.92 Å². The van der Waals surface area contributed by atoms with Crippen molar-refractivity contribution in [2.24, 2.45) is 0 Å². The summed E-state index contributed by atoms with van der Waals surface area (Å²) in [5, 5.41) is 10.8. The quantitative estimate of drug-likeness (QED) is 0.410. The molecular formula is C24H18N6O3. The summed E-state index contributed by atoms with van der Waals surface area (Å²) in [6.45, 7) is 1.78. The Bertz CT molecular complexity index is 1380. The number of aryl methyl sites for hydroxylation is 1. The fraction of sp³-hybridized carbons (Fsp3) is 0.0417. The van der Waals surface area contributed by atoms with Crippen molar-refractivity contribution in [1.82, 2.24) is 24.9 Å². The Morgan fingerprint density at radius 3 is 2.58 bits per heavy atom. The Hall–Kier alpha value is -4.79. The number of ether oxygens (including phenoxy) is 1. The van der Waals surface area contributed by atoms with Gasteiger partial charge in [0, 0.05) is 35.8 Å². The van der Waals surface area contributed by atoms with Crippen molar-refractivity contribution in [1.29, 1.82) is 0 Å². The molecule has 33 heavy (non-hydrogen) atoms. The third kappa shape index (κ3) is 4.62. The molecule has 0 unspecified atom stereocenters. The number of carbonyl (C=O) groups is 1. The van der Waals surface area contributed by atoms with E-state index in [1.807, 2.05) is 36.4 Å². The summed E-state index contributed by atoms with van der Waals surface area (Å²) in [5.74, 6) is 2.27. The average molecular weight is 438 g/mol. The van der Waals surface area contributed by atoms with Gasteiger partial charge in [0.2, 0.25) is 5.88 Å². The van der Waals surface area contributed by atoms with Gasteiger partial charge in [-0.25, -0.2) is 9.67 Å². The zero-order valence-corrected chi connectivity index (χ0v) is 17.5. The SMILES string of the molecule is Cc1nc(Oc2ccc(NC(=O)c3cc(-c4ccccc4)on3)cc2)cc(-n2cccn2)n1. The molecule has 162 valence electrons. The lowest BCUT2D eigenvalue weighted by Gasteiger charge is -2.09. The van der Waals surface area contributed by atoms with E-state index in [4.69, 9.17) is 9.26 Å². The van der Waals surface area contributed by atoms with Crippen LogP contribution in [0.4, 0.5) is 5.69 Å². The first-order valence-electron chi connectivity index (χ1n) is 10.1. The maximum Gasteiger partial charge on any atom is 0.277 e. The first-order chi connectivity index (χ1) is 16.1. The smallest absolute Gasteiger partial charge is 0.277 e. The van der Waals surface area contributed by atoms with E-state index in [1.165, 1.54) is 0 Å². The van der Waals surface area contributed by atoms with E-state index >= 15 is 0 Å². The van der Waals surface area contributed by atoms with Crippen molar-refractivity contribution >= 4 is 11.6 Å². The molecule has 0 bridgehead atoms. The summed E-state index contributed by atoms with van der Waals surface area (Å²) in [6.07, 6.45) is 3.47. The zero-order valence-electron chi connectivity index (χ0n) is 17.5. The molecule has 9 heteroatoms. The predicted molar refractivity (Wildman–Crippen MR) is 120 cm³/mol. The van der Waals surface area contributed by atoms with Gasteiger partial charge >= 0.3 is 0 Å². The average Bonchev–Trinajstić information content (AvgIpc) is 3.53. The zero-order chi connectivity index (χ0) is 22.6. The number of nitrogens with one attached hydrogen (secondary N) is 1. The highest BCUT2D eigenvalue weighted by atomic mass is 16.5.